The molecule has 1 amide bonds. The summed E-state index contributed by atoms with van der Waals surface area (Å²) in [5.74, 6) is 0.0650. The first kappa shape index (κ1) is 18.5. The lowest BCUT2D eigenvalue weighted by atomic mass is 9.95. The molecule has 118 valence electrons. The molecule has 1 aromatic carbocycles. The van der Waals surface area contributed by atoms with Crippen LogP contribution < -0.4 is 5.73 Å². The first-order valence-corrected chi connectivity index (χ1v) is 8.04. The van der Waals surface area contributed by atoms with Gasteiger partial charge in [-0.1, -0.05) is 41.4 Å². The highest BCUT2D eigenvalue weighted by atomic mass is 79.9. The van der Waals surface area contributed by atoms with E-state index in [9.17, 15) is 4.79 Å². The lowest BCUT2D eigenvalue weighted by Gasteiger charge is -2.26. The SMILES string of the molecule is CCCC(N)C(=O)N(C)CC1(c2ccc(Br)cc2)CC1.Cl. The molecule has 3 nitrogen and oxygen atoms in total. The van der Waals surface area contributed by atoms with Crippen molar-refractivity contribution in [3.05, 3.63) is 34.3 Å². The molecule has 1 saturated carbocycles. The summed E-state index contributed by atoms with van der Waals surface area (Å²) in [6.45, 7) is 2.82. The lowest BCUT2D eigenvalue weighted by molar-refractivity contribution is -0.131. The number of nitrogens with zero attached hydrogens (tertiary/aromatic N) is 1. The van der Waals surface area contributed by atoms with Crippen LogP contribution in [0.1, 0.15) is 38.2 Å². The number of carbonyl (C=O) groups is 1. The molecule has 1 fully saturated rings. The molecule has 5 heteroatoms. The van der Waals surface area contributed by atoms with Crippen molar-refractivity contribution in [2.75, 3.05) is 13.6 Å². The van der Waals surface area contributed by atoms with Crippen LogP contribution in [0.2, 0.25) is 0 Å². The van der Waals surface area contributed by atoms with Crippen LogP contribution in [0.3, 0.4) is 0 Å². The van der Waals surface area contributed by atoms with Crippen LogP contribution in [0.25, 0.3) is 0 Å². The fourth-order valence-corrected chi connectivity index (χ4v) is 3.01. The quantitative estimate of drug-likeness (QED) is 0.827. The molecule has 0 aromatic heterocycles. The molecule has 0 saturated heterocycles. The van der Waals surface area contributed by atoms with Crippen LogP contribution in [-0.4, -0.2) is 30.4 Å². The fraction of sp³-hybridized carbons (Fsp3) is 0.562. The number of carbonyl (C=O) groups excluding carboxylic acids is 1. The van der Waals surface area contributed by atoms with E-state index in [4.69, 9.17) is 5.73 Å². The molecular formula is C16H24BrClN2O. The molecule has 21 heavy (non-hydrogen) atoms. The second-order valence-corrected chi connectivity index (χ2v) is 6.79. The number of amides is 1. The third-order valence-electron chi connectivity index (χ3n) is 4.14. The highest BCUT2D eigenvalue weighted by Crippen LogP contribution is 2.48. The molecule has 1 aliphatic rings. The summed E-state index contributed by atoms with van der Waals surface area (Å²) >= 11 is 3.46. The lowest BCUT2D eigenvalue weighted by Crippen LogP contribution is -2.44. The molecular weight excluding hydrogens is 352 g/mol. The predicted octanol–water partition coefficient (Wildman–Crippen LogP) is 3.49. The molecule has 0 bridgehead atoms. The van der Waals surface area contributed by atoms with Gasteiger partial charge in [-0.15, -0.1) is 12.4 Å². The van der Waals surface area contributed by atoms with E-state index < -0.39 is 0 Å². The Kier molecular flexibility index (Phi) is 6.70. The molecule has 1 atom stereocenters. The zero-order chi connectivity index (χ0) is 14.8. The van der Waals surface area contributed by atoms with Crippen molar-refractivity contribution in [3.63, 3.8) is 0 Å². The third-order valence-corrected chi connectivity index (χ3v) is 4.67. The van der Waals surface area contributed by atoms with Gasteiger partial charge in [0.2, 0.25) is 5.91 Å². The van der Waals surface area contributed by atoms with Crippen LogP contribution in [0.15, 0.2) is 28.7 Å². The summed E-state index contributed by atoms with van der Waals surface area (Å²) in [4.78, 5) is 14.0. The van der Waals surface area contributed by atoms with Crippen molar-refractivity contribution in [1.82, 2.24) is 4.90 Å². The maximum absolute atomic E-state index is 12.2. The predicted molar refractivity (Wildman–Crippen MR) is 92.8 cm³/mol. The van der Waals surface area contributed by atoms with Gasteiger partial charge >= 0.3 is 0 Å². The Morgan fingerprint density at radius 3 is 2.43 bits per heavy atom. The maximum Gasteiger partial charge on any atom is 0.239 e. The van der Waals surface area contributed by atoms with Crippen molar-refractivity contribution in [2.24, 2.45) is 5.73 Å². The molecule has 0 spiro atoms. The standard InChI is InChI=1S/C16H23BrN2O.ClH/c1-3-4-14(18)15(20)19(2)11-16(9-10-16)12-5-7-13(17)8-6-12;/h5-8,14H,3-4,9-11,18H2,1-2H3;1H. The Balaban J connectivity index is 0.00000220. The molecule has 0 radical (unpaired) electrons. The van der Waals surface area contributed by atoms with Crippen LogP contribution in [0, 0.1) is 0 Å². The molecule has 0 heterocycles. The van der Waals surface area contributed by atoms with Gasteiger partial charge in [-0.05, 0) is 37.0 Å². The number of benzene rings is 1. The summed E-state index contributed by atoms with van der Waals surface area (Å²) in [7, 11) is 1.87. The minimum atomic E-state index is -0.356. The Hall–Kier alpha value is -0.580. The van der Waals surface area contributed by atoms with Gasteiger partial charge in [0, 0.05) is 23.5 Å². The van der Waals surface area contributed by atoms with E-state index in [0.29, 0.717) is 0 Å². The largest absolute Gasteiger partial charge is 0.344 e. The summed E-state index contributed by atoms with van der Waals surface area (Å²) in [6.07, 6.45) is 4.00. The number of rotatable bonds is 6. The smallest absolute Gasteiger partial charge is 0.239 e. The highest BCUT2D eigenvalue weighted by Gasteiger charge is 2.45. The summed E-state index contributed by atoms with van der Waals surface area (Å²) in [6, 6.07) is 8.09. The normalized spacial score (nSPS) is 16.8. The molecule has 0 aliphatic heterocycles. The number of likely N-dealkylation sites (N-methyl/N-ethyl adjacent to an activating group) is 1. The molecule has 1 aliphatic carbocycles. The van der Waals surface area contributed by atoms with Crippen molar-refractivity contribution in [3.8, 4) is 0 Å². The Labute approximate surface area is 141 Å². The van der Waals surface area contributed by atoms with E-state index in [1.807, 2.05) is 11.9 Å². The Morgan fingerprint density at radius 1 is 1.38 bits per heavy atom. The molecule has 2 N–H and O–H groups in total. The first-order chi connectivity index (χ1) is 9.48. The monoisotopic (exact) mass is 374 g/mol. The summed E-state index contributed by atoms with van der Waals surface area (Å²) in [5.41, 5.74) is 7.40. The number of hydrogen-bond donors (Lipinski definition) is 1. The van der Waals surface area contributed by atoms with Gasteiger partial charge in [0.1, 0.15) is 0 Å². The van der Waals surface area contributed by atoms with Gasteiger partial charge in [-0.25, -0.2) is 0 Å². The van der Waals surface area contributed by atoms with E-state index in [-0.39, 0.29) is 29.8 Å². The van der Waals surface area contributed by atoms with E-state index in [2.05, 4.69) is 47.1 Å². The van der Waals surface area contributed by atoms with Crippen LogP contribution >= 0.6 is 28.3 Å². The average molecular weight is 376 g/mol. The summed E-state index contributed by atoms with van der Waals surface area (Å²) in [5, 5.41) is 0. The zero-order valence-electron chi connectivity index (χ0n) is 12.6. The van der Waals surface area contributed by atoms with Gasteiger partial charge in [0.15, 0.2) is 0 Å². The van der Waals surface area contributed by atoms with Gasteiger partial charge in [-0.2, -0.15) is 0 Å². The van der Waals surface area contributed by atoms with Crippen LogP contribution in [0.4, 0.5) is 0 Å². The minimum Gasteiger partial charge on any atom is -0.344 e. The number of nitrogens with two attached hydrogens (primary N) is 1. The van der Waals surface area contributed by atoms with E-state index in [1.165, 1.54) is 5.56 Å². The van der Waals surface area contributed by atoms with E-state index >= 15 is 0 Å². The van der Waals surface area contributed by atoms with Gasteiger partial charge in [0.05, 0.1) is 6.04 Å². The molecule has 2 rings (SSSR count). The third kappa shape index (κ3) is 4.44. The number of halogens is 2. The second-order valence-electron chi connectivity index (χ2n) is 5.88. The van der Waals surface area contributed by atoms with Crippen molar-refractivity contribution in [1.29, 1.82) is 0 Å². The molecule has 1 unspecified atom stereocenters. The summed E-state index contributed by atoms with van der Waals surface area (Å²) < 4.78 is 1.09. The minimum absolute atomic E-state index is 0. The van der Waals surface area contributed by atoms with Crippen LogP contribution in [-0.2, 0) is 10.2 Å². The van der Waals surface area contributed by atoms with Gasteiger partial charge in [-0.3, -0.25) is 4.79 Å². The van der Waals surface area contributed by atoms with Gasteiger partial charge < -0.3 is 10.6 Å². The Morgan fingerprint density at radius 2 is 1.95 bits per heavy atom. The second kappa shape index (κ2) is 7.61. The maximum atomic E-state index is 12.2. The van der Waals surface area contributed by atoms with E-state index in [0.717, 1.165) is 36.7 Å². The zero-order valence-corrected chi connectivity index (χ0v) is 15.0. The first-order valence-electron chi connectivity index (χ1n) is 7.25. The highest BCUT2D eigenvalue weighted by molar-refractivity contribution is 9.10. The van der Waals surface area contributed by atoms with Crippen molar-refractivity contribution >= 4 is 34.2 Å². The van der Waals surface area contributed by atoms with Crippen molar-refractivity contribution in [2.45, 2.75) is 44.1 Å². The average Bonchev–Trinajstić information content (AvgIpc) is 3.19. The van der Waals surface area contributed by atoms with Crippen molar-refractivity contribution < 1.29 is 4.79 Å². The fourth-order valence-electron chi connectivity index (χ4n) is 2.74. The topological polar surface area (TPSA) is 46.3 Å². The van der Waals surface area contributed by atoms with Gasteiger partial charge in [0.25, 0.3) is 0 Å². The molecule has 1 aromatic rings. The Bertz CT molecular complexity index is 474. The van der Waals surface area contributed by atoms with E-state index in [1.54, 1.807) is 0 Å². The van der Waals surface area contributed by atoms with Crippen LogP contribution in [0.5, 0.6) is 0 Å². The number of hydrogen-bond acceptors (Lipinski definition) is 2.